The van der Waals surface area contributed by atoms with E-state index in [9.17, 15) is 0 Å². The summed E-state index contributed by atoms with van der Waals surface area (Å²) in [5.41, 5.74) is 0. The Labute approximate surface area is 117 Å². The van der Waals surface area contributed by atoms with Crippen LogP contribution >= 0.6 is 0 Å². The van der Waals surface area contributed by atoms with Gasteiger partial charge in [-0.2, -0.15) is 0 Å². The highest BCUT2D eigenvalue weighted by atomic mass is 28.4. The van der Waals surface area contributed by atoms with Gasteiger partial charge in [-0.05, 0) is 12.8 Å². The summed E-state index contributed by atoms with van der Waals surface area (Å²) in [6, 6.07) is 0. The Bertz CT molecular complexity index is 251. The Morgan fingerprint density at radius 2 is 1.74 bits per heavy atom. The van der Waals surface area contributed by atoms with Crippen molar-refractivity contribution in [1.82, 2.24) is 0 Å². The molecule has 114 valence electrons. The van der Waals surface area contributed by atoms with Gasteiger partial charge in [-0.1, -0.05) is 20.3 Å². The number of rotatable bonds is 8. The number of hydrogen-bond acceptors (Lipinski definition) is 5. The fourth-order valence-corrected chi connectivity index (χ4v) is 3.45. The van der Waals surface area contributed by atoms with Gasteiger partial charge in [0, 0.05) is 27.2 Å². The van der Waals surface area contributed by atoms with Crippen molar-refractivity contribution < 1.29 is 22.8 Å². The lowest BCUT2D eigenvalue weighted by atomic mass is 10.0. The molecule has 0 aromatic heterocycles. The van der Waals surface area contributed by atoms with E-state index in [1.807, 2.05) is 6.55 Å². The molecule has 1 fully saturated rings. The smallest absolute Gasteiger partial charge is 0.377 e. The van der Waals surface area contributed by atoms with Crippen LogP contribution in [0.2, 0.25) is 6.55 Å². The molecule has 6 heteroatoms. The van der Waals surface area contributed by atoms with Crippen LogP contribution in [0.1, 0.15) is 39.5 Å². The second kappa shape index (κ2) is 7.71. The van der Waals surface area contributed by atoms with Gasteiger partial charge < -0.3 is 22.8 Å². The zero-order valence-corrected chi connectivity index (χ0v) is 13.9. The lowest BCUT2D eigenvalue weighted by molar-refractivity contribution is -0.309. The van der Waals surface area contributed by atoms with Crippen molar-refractivity contribution >= 4 is 8.80 Å². The van der Waals surface area contributed by atoms with Crippen molar-refractivity contribution in [3.05, 3.63) is 0 Å². The van der Waals surface area contributed by atoms with E-state index in [4.69, 9.17) is 22.8 Å². The van der Waals surface area contributed by atoms with Crippen LogP contribution in [-0.4, -0.2) is 48.1 Å². The van der Waals surface area contributed by atoms with E-state index in [0.717, 1.165) is 38.9 Å². The summed E-state index contributed by atoms with van der Waals surface area (Å²) in [6.45, 7) is 7.52. The summed E-state index contributed by atoms with van der Waals surface area (Å²) in [5, 5.41) is 0. The SMILES string of the molecule is CCCC(O[Si](C)(OC)OC)C1(CC)OCCCO1. The third-order valence-corrected chi connectivity index (χ3v) is 5.81. The molecule has 0 saturated carbocycles. The predicted octanol–water partition coefficient (Wildman–Crippen LogP) is 2.58. The summed E-state index contributed by atoms with van der Waals surface area (Å²) >= 11 is 0. The molecule has 1 aliphatic rings. The maximum atomic E-state index is 6.15. The van der Waals surface area contributed by atoms with Crippen molar-refractivity contribution in [2.24, 2.45) is 0 Å². The van der Waals surface area contributed by atoms with E-state index in [1.54, 1.807) is 14.2 Å². The first-order valence-corrected chi connectivity index (χ1v) is 9.34. The van der Waals surface area contributed by atoms with Gasteiger partial charge in [-0.15, -0.1) is 0 Å². The molecule has 1 aliphatic heterocycles. The molecule has 1 rings (SSSR count). The molecule has 0 aromatic rings. The second-order valence-electron chi connectivity index (χ2n) is 4.88. The van der Waals surface area contributed by atoms with E-state index in [0.29, 0.717) is 0 Å². The molecular formula is C13H28O5Si. The highest BCUT2D eigenvalue weighted by molar-refractivity contribution is 6.59. The van der Waals surface area contributed by atoms with Gasteiger partial charge in [0.05, 0.1) is 13.2 Å². The molecule has 1 atom stereocenters. The number of ether oxygens (including phenoxy) is 2. The highest BCUT2D eigenvalue weighted by Gasteiger charge is 2.47. The molecule has 1 saturated heterocycles. The summed E-state index contributed by atoms with van der Waals surface area (Å²) in [5.74, 6) is -0.653. The first-order chi connectivity index (χ1) is 9.05. The third kappa shape index (κ3) is 4.24. The average molecular weight is 292 g/mol. The molecule has 0 N–H and O–H groups in total. The van der Waals surface area contributed by atoms with Crippen LogP contribution in [0.25, 0.3) is 0 Å². The molecule has 0 aliphatic carbocycles. The van der Waals surface area contributed by atoms with E-state index in [2.05, 4.69) is 13.8 Å². The Balaban J connectivity index is 2.84. The zero-order chi connectivity index (χ0) is 14.4. The van der Waals surface area contributed by atoms with Crippen LogP contribution in [-0.2, 0) is 22.8 Å². The van der Waals surface area contributed by atoms with Crippen LogP contribution in [0.5, 0.6) is 0 Å². The number of hydrogen-bond donors (Lipinski definition) is 0. The van der Waals surface area contributed by atoms with E-state index >= 15 is 0 Å². The van der Waals surface area contributed by atoms with Crippen LogP contribution in [0, 0.1) is 0 Å². The first kappa shape index (κ1) is 17.1. The summed E-state index contributed by atoms with van der Waals surface area (Å²) in [6.07, 6.45) is 3.40. The van der Waals surface area contributed by atoms with Crippen molar-refractivity contribution in [2.75, 3.05) is 27.4 Å². The van der Waals surface area contributed by atoms with Crippen LogP contribution in [0.15, 0.2) is 0 Å². The molecule has 0 radical (unpaired) electrons. The van der Waals surface area contributed by atoms with E-state index in [1.165, 1.54) is 0 Å². The van der Waals surface area contributed by atoms with E-state index in [-0.39, 0.29) is 6.10 Å². The molecule has 0 spiro atoms. The predicted molar refractivity (Wildman–Crippen MR) is 75.0 cm³/mol. The largest absolute Gasteiger partial charge is 0.497 e. The Morgan fingerprint density at radius 3 is 2.16 bits per heavy atom. The molecule has 0 amide bonds. The Hall–Kier alpha value is 0.0169. The van der Waals surface area contributed by atoms with Crippen LogP contribution in [0.3, 0.4) is 0 Å². The first-order valence-electron chi connectivity index (χ1n) is 7.11. The zero-order valence-electron chi connectivity index (χ0n) is 12.9. The molecular weight excluding hydrogens is 264 g/mol. The van der Waals surface area contributed by atoms with Crippen molar-refractivity contribution in [3.8, 4) is 0 Å². The Kier molecular flexibility index (Phi) is 6.92. The van der Waals surface area contributed by atoms with Gasteiger partial charge in [0.15, 0.2) is 5.79 Å². The lowest BCUT2D eigenvalue weighted by Gasteiger charge is -2.44. The maximum absolute atomic E-state index is 6.15. The molecule has 0 bridgehead atoms. The maximum Gasteiger partial charge on any atom is 0.497 e. The fraction of sp³-hybridized carbons (Fsp3) is 1.00. The van der Waals surface area contributed by atoms with Crippen molar-refractivity contribution in [3.63, 3.8) is 0 Å². The average Bonchev–Trinajstić information content (AvgIpc) is 2.47. The molecule has 19 heavy (non-hydrogen) atoms. The normalized spacial score (nSPS) is 21.3. The third-order valence-electron chi connectivity index (χ3n) is 3.61. The minimum absolute atomic E-state index is 0.153. The minimum Gasteiger partial charge on any atom is -0.377 e. The topological polar surface area (TPSA) is 46.2 Å². The van der Waals surface area contributed by atoms with E-state index < -0.39 is 14.6 Å². The van der Waals surface area contributed by atoms with Gasteiger partial charge in [0.1, 0.15) is 6.10 Å². The van der Waals surface area contributed by atoms with Crippen molar-refractivity contribution in [1.29, 1.82) is 0 Å². The molecule has 0 aromatic carbocycles. The molecule has 5 nitrogen and oxygen atoms in total. The minimum atomic E-state index is -2.60. The van der Waals surface area contributed by atoms with Crippen LogP contribution < -0.4 is 0 Å². The second-order valence-corrected chi connectivity index (χ2v) is 7.66. The van der Waals surface area contributed by atoms with Gasteiger partial charge in [-0.3, -0.25) is 0 Å². The van der Waals surface area contributed by atoms with Crippen LogP contribution in [0.4, 0.5) is 0 Å². The molecule has 1 heterocycles. The summed E-state index contributed by atoms with van der Waals surface area (Å²) in [4.78, 5) is 0. The molecule has 1 unspecified atom stereocenters. The van der Waals surface area contributed by atoms with Crippen molar-refractivity contribution in [2.45, 2.75) is 58.0 Å². The van der Waals surface area contributed by atoms with Gasteiger partial charge in [0.2, 0.25) is 0 Å². The summed E-state index contributed by atoms with van der Waals surface area (Å²) < 4.78 is 28.9. The highest BCUT2D eigenvalue weighted by Crippen LogP contribution is 2.33. The summed E-state index contributed by atoms with van der Waals surface area (Å²) in [7, 11) is 0.645. The fourth-order valence-electron chi connectivity index (χ4n) is 2.28. The van der Waals surface area contributed by atoms with Gasteiger partial charge >= 0.3 is 8.80 Å². The standard InChI is InChI=1S/C13H28O5Si/c1-6-9-12(18-19(5,14-3)15-4)13(7-2)16-10-8-11-17-13/h12H,6-11H2,1-5H3. The monoisotopic (exact) mass is 292 g/mol. The van der Waals surface area contributed by atoms with Gasteiger partial charge in [0.25, 0.3) is 0 Å². The lowest BCUT2D eigenvalue weighted by Crippen LogP contribution is -2.56. The Morgan fingerprint density at radius 1 is 1.16 bits per heavy atom. The quantitative estimate of drug-likeness (QED) is 0.643. The van der Waals surface area contributed by atoms with Gasteiger partial charge in [-0.25, -0.2) is 0 Å².